The zero-order chi connectivity index (χ0) is 8.08. The van der Waals surface area contributed by atoms with Gasteiger partial charge in [0, 0.05) is 0 Å². The maximum atomic E-state index is 8.66. The quantitative estimate of drug-likeness (QED) is 0.234. The zero-order valence-corrected chi connectivity index (χ0v) is 10.9. The molecule has 10 N–H and O–H groups in total. The summed E-state index contributed by atoms with van der Waals surface area (Å²) in [5.41, 5.74) is 0. The molecule has 0 rings (SSSR count). The van der Waals surface area contributed by atoms with Gasteiger partial charge in [0.2, 0.25) is 6.16 Å². The molecule has 0 atom stereocenters. The Morgan fingerprint density at radius 1 is 1.25 bits per heavy atom. The molecule has 12 heavy (non-hydrogen) atoms. The Labute approximate surface area is 111 Å². The van der Waals surface area contributed by atoms with Crippen LogP contribution < -0.4 is 78.6 Å². The summed E-state index contributed by atoms with van der Waals surface area (Å²) in [5, 5.41) is 15.3. The molecule has 0 aliphatic carbocycles. The average Bonchev–Trinajstić information content (AvgIpc) is 1.19. The molecule has 0 saturated heterocycles. The number of hydrogen-bond acceptors (Lipinski definition) is 5. The first kappa shape index (κ1) is 29.3. The molecule has 11 heteroatoms. The van der Waals surface area contributed by atoms with E-state index in [4.69, 9.17) is 34.3 Å². The molecule has 0 aromatic carbocycles. The molecule has 0 bridgehead atoms. The topological polar surface area (TPSA) is 217 Å². The van der Waals surface area contributed by atoms with Crippen LogP contribution in [0, 0.1) is 0 Å². The third-order valence-electron chi connectivity index (χ3n) is 0. The van der Waals surface area contributed by atoms with Gasteiger partial charge in [0.05, 0.1) is 7.82 Å². The number of rotatable bonds is 0. The van der Waals surface area contributed by atoms with Gasteiger partial charge in [-0.05, 0) is 0 Å². The van der Waals surface area contributed by atoms with Crippen molar-refractivity contribution in [1.29, 1.82) is 0 Å². The SMILES string of the molecule is O=C([O-])O.O=P([O-])([O-])O.[K+].[NH4+].[NH4+]. The molecule has 0 radical (unpaired) electrons. The first-order valence-corrected chi connectivity index (χ1v) is 2.88. The summed E-state index contributed by atoms with van der Waals surface area (Å²) in [6.07, 6.45) is -2.08. The summed E-state index contributed by atoms with van der Waals surface area (Å²) in [6.45, 7) is 0. The number of quaternary nitrogens is 2. The fourth-order valence-electron chi connectivity index (χ4n) is 0. The van der Waals surface area contributed by atoms with Crippen LogP contribution in [-0.4, -0.2) is 16.2 Å². The number of carbonyl (C=O) groups is 1. The molecule has 72 valence electrons. The molecule has 0 aliphatic heterocycles. The Kier molecular flexibility index (Phi) is 35.3. The van der Waals surface area contributed by atoms with E-state index in [0.29, 0.717) is 0 Å². The van der Waals surface area contributed by atoms with Crippen molar-refractivity contribution in [3.63, 3.8) is 0 Å². The maximum absolute atomic E-state index is 8.66. The Morgan fingerprint density at radius 2 is 1.25 bits per heavy atom. The van der Waals surface area contributed by atoms with Gasteiger partial charge in [-0.2, -0.15) is 0 Å². The smallest absolute Gasteiger partial charge is 0.790 e. The van der Waals surface area contributed by atoms with Crippen LogP contribution in [0.2, 0.25) is 0 Å². The van der Waals surface area contributed by atoms with Crippen LogP contribution in [0.25, 0.3) is 0 Å². The Balaban J connectivity index is -0.0000000221. The van der Waals surface area contributed by atoms with E-state index in [1.54, 1.807) is 0 Å². The second kappa shape index (κ2) is 14.5. The van der Waals surface area contributed by atoms with Gasteiger partial charge in [-0.3, -0.25) is 0 Å². The van der Waals surface area contributed by atoms with Gasteiger partial charge in [0.25, 0.3) is 0 Å². The number of carboxylic acid groups (broad SMARTS) is 2. The van der Waals surface area contributed by atoms with Gasteiger partial charge in [0.15, 0.2) is 0 Å². The molecule has 0 unspecified atom stereocenters. The van der Waals surface area contributed by atoms with Gasteiger partial charge in [-0.15, -0.1) is 0 Å². The van der Waals surface area contributed by atoms with Crippen molar-refractivity contribution in [3.8, 4) is 0 Å². The first-order chi connectivity index (χ1) is 3.73. The minimum absolute atomic E-state index is 0. The minimum atomic E-state index is -5.14. The molecule has 0 amide bonds. The summed E-state index contributed by atoms with van der Waals surface area (Å²) in [5.74, 6) is 0. The third-order valence-corrected chi connectivity index (χ3v) is 0. The zero-order valence-electron chi connectivity index (χ0n) is 6.88. The Bertz CT molecular complexity index is 121. The van der Waals surface area contributed by atoms with Crippen molar-refractivity contribution in [2.24, 2.45) is 0 Å². The summed E-state index contributed by atoms with van der Waals surface area (Å²) < 4.78 is 8.66. The second-order valence-electron chi connectivity index (χ2n) is 0.734. The Morgan fingerprint density at radius 3 is 1.25 bits per heavy atom. The predicted octanol–water partition coefficient (Wildman–Crippen LogP) is -5.55. The summed E-state index contributed by atoms with van der Waals surface area (Å²) in [6, 6.07) is 0. The molecule has 0 saturated carbocycles. The minimum Gasteiger partial charge on any atom is -0.790 e. The summed E-state index contributed by atoms with van der Waals surface area (Å²) in [4.78, 5) is 32.7. The molecule has 0 fully saturated rings. The van der Waals surface area contributed by atoms with Crippen molar-refractivity contribution in [2.75, 3.05) is 0 Å². The van der Waals surface area contributed by atoms with Gasteiger partial charge in [0.1, 0.15) is 0 Å². The fraction of sp³-hybridized carbons (Fsp3) is 0. The van der Waals surface area contributed by atoms with E-state index in [1.165, 1.54) is 0 Å². The largest absolute Gasteiger partial charge is 1.00 e. The van der Waals surface area contributed by atoms with Crippen LogP contribution in [0.5, 0.6) is 0 Å². The van der Waals surface area contributed by atoms with Crippen LogP contribution >= 0.6 is 7.82 Å². The van der Waals surface area contributed by atoms with E-state index in [9.17, 15) is 0 Å². The molecule has 0 aromatic rings. The van der Waals surface area contributed by atoms with E-state index in [1.807, 2.05) is 0 Å². The summed E-state index contributed by atoms with van der Waals surface area (Å²) >= 11 is 0. The van der Waals surface area contributed by atoms with E-state index in [-0.39, 0.29) is 63.7 Å². The standard InChI is InChI=1S/CH2O3.K.2H3N.H3O4P/c2-1(3)4;;;;1-5(2,3)4/h(H2,2,3,4);;2*1H3;(H3,1,2,3,4)/q;+1;;;/p-1. The van der Waals surface area contributed by atoms with E-state index < -0.39 is 14.0 Å². The average molecular weight is 232 g/mol. The molecular weight excluding hydrogens is 222 g/mol. The monoisotopic (exact) mass is 232 g/mol. The van der Waals surface area contributed by atoms with Crippen LogP contribution in [0.4, 0.5) is 4.79 Å². The van der Waals surface area contributed by atoms with Crippen molar-refractivity contribution < 1.29 is 85.6 Å². The van der Waals surface area contributed by atoms with Crippen LogP contribution in [0.1, 0.15) is 0 Å². The normalized spacial score (nSPS) is 6.92. The van der Waals surface area contributed by atoms with Gasteiger partial charge in [-0.1, -0.05) is 0 Å². The van der Waals surface area contributed by atoms with E-state index in [0.717, 1.165) is 0 Å². The van der Waals surface area contributed by atoms with Crippen LogP contribution in [0.3, 0.4) is 0 Å². The number of hydrogen-bond donors (Lipinski definition) is 4. The third kappa shape index (κ3) is 1230. The van der Waals surface area contributed by atoms with Crippen LogP contribution in [-0.2, 0) is 4.57 Å². The second-order valence-corrected chi connectivity index (χ2v) is 1.67. The maximum Gasteiger partial charge on any atom is 1.00 e. The molecule has 0 aliphatic rings. The van der Waals surface area contributed by atoms with E-state index >= 15 is 0 Å². The molecular formula is CH10KN2O7P. The molecule has 9 nitrogen and oxygen atoms in total. The van der Waals surface area contributed by atoms with Crippen molar-refractivity contribution in [2.45, 2.75) is 0 Å². The fourth-order valence-corrected chi connectivity index (χ4v) is 0. The van der Waals surface area contributed by atoms with Crippen molar-refractivity contribution in [1.82, 2.24) is 12.3 Å². The first-order valence-electron chi connectivity index (χ1n) is 1.38. The molecule has 0 heterocycles. The van der Waals surface area contributed by atoms with E-state index in [2.05, 4.69) is 0 Å². The predicted molar refractivity (Wildman–Crippen MR) is 29.8 cm³/mol. The Hall–Kier alpha value is 0.936. The van der Waals surface area contributed by atoms with Gasteiger partial charge < -0.3 is 46.6 Å². The van der Waals surface area contributed by atoms with Crippen molar-refractivity contribution >= 4 is 14.0 Å². The van der Waals surface area contributed by atoms with Crippen molar-refractivity contribution in [3.05, 3.63) is 0 Å². The number of phosphoric acid groups is 1. The summed E-state index contributed by atoms with van der Waals surface area (Å²) in [7, 11) is -5.14. The van der Waals surface area contributed by atoms with Gasteiger partial charge >= 0.3 is 51.4 Å². The van der Waals surface area contributed by atoms with Crippen LogP contribution in [0.15, 0.2) is 0 Å². The molecule has 0 spiro atoms. The molecule has 0 aromatic heterocycles. The van der Waals surface area contributed by atoms with Gasteiger partial charge in [-0.25, -0.2) is 0 Å².